The number of amides is 2. The number of benzene rings is 2. The van der Waals surface area contributed by atoms with E-state index in [4.69, 9.17) is 0 Å². The van der Waals surface area contributed by atoms with Crippen LogP contribution in [0.1, 0.15) is 43.7 Å². The minimum absolute atomic E-state index is 0.0631. The second-order valence-corrected chi connectivity index (χ2v) is 7.99. The van der Waals surface area contributed by atoms with Crippen LogP contribution in [0.15, 0.2) is 54.6 Å². The molecule has 4 nitrogen and oxygen atoms in total. The SMILES string of the molecule is CCc1ccccc1NC(=O)NC1C[C@H]2CC[C@@H](C1)[NH+]2Cc1ccccc1. The smallest absolute Gasteiger partial charge is 0.319 e. The fourth-order valence-corrected chi connectivity index (χ4v) is 4.96. The van der Waals surface area contributed by atoms with E-state index in [1.54, 1.807) is 4.90 Å². The summed E-state index contributed by atoms with van der Waals surface area (Å²) in [5, 5.41) is 6.29. The van der Waals surface area contributed by atoms with Crippen LogP contribution in [0.3, 0.4) is 0 Å². The Hall–Kier alpha value is -2.33. The van der Waals surface area contributed by atoms with Gasteiger partial charge in [0.2, 0.25) is 0 Å². The van der Waals surface area contributed by atoms with Crippen molar-refractivity contribution in [3.8, 4) is 0 Å². The van der Waals surface area contributed by atoms with E-state index in [0.717, 1.165) is 31.5 Å². The first-order valence-electron chi connectivity index (χ1n) is 10.3. The highest BCUT2D eigenvalue weighted by Gasteiger charge is 2.44. The maximum Gasteiger partial charge on any atom is 0.319 e. The molecule has 3 N–H and O–H groups in total. The van der Waals surface area contributed by atoms with E-state index in [0.29, 0.717) is 12.1 Å². The molecule has 142 valence electrons. The molecule has 2 bridgehead atoms. The molecular weight excluding hydrogens is 334 g/mol. The summed E-state index contributed by atoms with van der Waals surface area (Å²) in [4.78, 5) is 14.2. The third-order valence-electron chi connectivity index (χ3n) is 6.28. The Balaban J connectivity index is 1.34. The Bertz CT molecular complexity index is 762. The van der Waals surface area contributed by atoms with Crippen LogP contribution >= 0.6 is 0 Å². The second kappa shape index (κ2) is 8.13. The van der Waals surface area contributed by atoms with Crippen molar-refractivity contribution in [2.24, 2.45) is 0 Å². The molecule has 2 saturated heterocycles. The highest BCUT2D eigenvalue weighted by atomic mass is 16.2. The van der Waals surface area contributed by atoms with Gasteiger partial charge in [0.15, 0.2) is 0 Å². The van der Waals surface area contributed by atoms with E-state index in [2.05, 4.69) is 54.0 Å². The van der Waals surface area contributed by atoms with E-state index in [1.165, 1.54) is 24.0 Å². The quantitative estimate of drug-likeness (QED) is 0.750. The van der Waals surface area contributed by atoms with Crippen molar-refractivity contribution in [3.63, 3.8) is 0 Å². The Morgan fingerprint density at radius 2 is 1.67 bits per heavy atom. The first kappa shape index (κ1) is 18.1. The lowest BCUT2D eigenvalue weighted by atomic mass is 9.96. The normalized spacial score (nSPS) is 26.6. The fourth-order valence-electron chi connectivity index (χ4n) is 4.96. The largest absolute Gasteiger partial charge is 0.335 e. The topological polar surface area (TPSA) is 45.6 Å². The van der Waals surface area contributed by atoms with Crippen molar-refractivity contribution < 1.29 is 9.69 Å². The van der Waals surface area contributed by atoms with E-state index in [-0.39, 0.29) is 12.1 Å². The molecule has 2 aliphatic rings. The molecule has 2 aromatic carbocycles. The van der Waals surface area contributed by atoms with Crippen LogP contribution in [0.4, 0.5) is 10.5 Å². The van der Waals surface area contributed by atoms with Crippen LogP contribution in [0.25, 0.3) is 0 Å². The zero-order valence-corrected chi connectivity index (χ0v) is 16.1. The lowest BCUT2D eigenvalue weighted by Crippen LogP contribution is -3.17. The number of nitrogens with one attached hydrogen (secondary N) is 3. The molecule has 0 saturated carbocycles. The summed E-state index contributed by atoms with van der Waals surface area (Å²) in [5.41, 5.74) is 3.52. The van der Waals surface area contributed by atoms with Crippen LogP contribution in [0, 0.1) is 0 Å². The Kier molecular flexibility index (Phi) is 5.44. The first-order chi connectivity index (χ1) is 13.2. The van der Waals surface area contributed by atoms with E-state index < -0.39 is 0 Å². The molecular formula is C23H30N3O+. The third kappa shape index (κ3) is 4.16. The zero-order valence-electron chi connectivity index (χ0n) is 16.1. The molecule has 4 rings (SSSR count). The second-order valence-electron chi connectivity index (χ2n) is 7.99. The average molecular weight is 365 g/mol. The van der Waals surface area contributed by atoms with Gasteiger partial charge in [-0.05, 0) is 18.1 Å². The van der Waals surface area contributed by atoms with Gasteiger partial charge in [-0.25, -0.2) is 4.79 Å². The van der Waals surface area contributed by atoms with Crippen molar-refractivity contribution in [2.75, 3.05) is 5.32 Å². The number of fused-ring (bicyclic) bond motifs is 2. The van der Waals surface area contributed by atoms with Gasteiger partial charge in [-0.1, -0.05) is 55.5 Å². The number of urea groups is 1. The fraction of sp³-hybridized carbons (Fsp3) is 0.435. The number of quaternary nitrogens is 1. The van der Waals surface area contributed by atoms with Gasteiger partial charge in [0.05, 0.1) is 12.1 Å². The van der Waals surface area contributed by atoms with Crippen molar-refractivity contribution in [1.29, 1.82) is 0 Å². The van der Waals surface area contributed by atoms with Crippen LogP contribution in [0.5, 0.6) is 0 Å². The van der Waals surface area contributed by atoms with Crippen LogP contribution in [-0.4, -0.2) is 24.2 Å². The molecule has 4 atom stereocenters. The van der Waals surface area contributed by atoms with Crippen LogP contribution < -0.4 is 15.5 Å². The van der Waals surface area contributed by atoms with Crippen molar-refractivity contribution in [3.05, 3.63) is 65.7 Å². The number of carbonyl (C=O) groups is 1. The first-order valence-corrected chi connectivity index (χ1v) is 10.3. The van der Waals surface area contributed by atoms with Gasteiger partial charge in [0.25, 0.3) is 0 Å². The molecule has 0 aliphatic carbocycles. The van der Waals surface area contributed by atoms with Crippen molar-refractivity contribution >= 4 is 11.7 Å². The van der Waals surface area contributed by atoms with Gasteiger partial charge in [-0.2, -0.15) is 0 Å². The number of hydrogen-bond donors (Lipinski definition) is 3. The maximum atomic E-state index is 12.5. The average Bonchev–Trinajstić information content (AvgIpc) is 2.91. The number of aryl methyl sites for hydroxylation is 1. The molecule has 2 aromatic rings. The molecule has 0 spiro atoms. The zero-order chi connectivity index (χ0) is 18.6. The Morgan fingerprint density at radius 1 is 1.00 bits per heavy atom. The lowest BCUT2D eigenvalue weighted by molar-refractivity contribution is -0.954. The van der Waals surface area contributed by atoms with Gasteiger partial charge < -0.3 is 15.5 Å². The summed E-state index contributed by atoms with van der Waals surface area (Å²) >= 11 is 0. The monoisotopic (exact) mass is 364 g/mol. The number of anilines is 1. The summed E-state index contributed by atoms with van der Waals surface area (Å²) in [7, 11) is 0. The highest BCUT2D eigenvalue weighted by molar-refractivity contribution is 5.90. The molecule has 4 heteroatoms. The summed E-state index contributed by atoms with van der Waals surface area (Å²) < 4.78 is 0. The number of piperidine rings is 1. The number of rotatable bonds is 5. The molecule has 0 radical (unpaired) electrons. The minimum Gasteiger partial charge on any atom is -0.335 e. The summed E-state index contributed by atoms with van der Waals surface area (Å²) in [5.74, 6) is 0. The number of hydrogen-bond acceptors (Lipinski definition) is 1. The number of carbonyl (C=O) groups excluding carboxylic acids is 1. The van der Waals surface area contributed by atoms with Gasteiger partial charge in [-0.15, -0.1) is 0 Å². The maximum absolute atomic E-state index is 12.5. The molecule has 2 aliphatic heterocycles. The summed E-state index contributed by atoms with van der Waals surface area (Å²) in [6.45, 7) is 3.22. The summed E-state index contributed by atoms with van der Waals surface area (Å²) in [6, 6.07) is 20.4. The molecule has 2 amide bonds. The van der Waals surface area contributed by atoms with E-state index >= 15 is 0 Å². The number of para-hydroxylation sites is 1. The molecule has 2 fully saturated rings. The van der Waals surface area contributed by atoms with Crippen molar-refractivity contribution in [2.45, 2.75) is 63.7 Å². The van der Waals surface area contributed by atoms with E-state index in [1.807, 2.05) is 18.2 Å². The highest BCUT2D eigenvalue weighted by Crippen LogP contribution is 2.24. The van der Waals surface area contributed by atoms with Crippen molar-refractivity contribution in [1.82, 2.24) is 5.32 Å². The Morgan fingerprint density at radius 3 is 2.37 bits per heavy atom. The predicted octanol–water partition coefficient (Wildman–Crippen LogP) is 3.15. The minimum atomic E-state index is -0.0631. The Labute approximate surface area is 162 Å². The molecule has 0 aromatic heterocycles. The molecule has 2 unspecified atom stereocenters. The van der Waals surface area contributed by atoms with Gasteiger partial charge in [0, 0.05) is 43.0 Å². The van der Waals surface area contributed by atoms with Crippen LogP contribution in [0.2, 0.25) is 0 Å². The standard InChI is InChI=1S/C23H29N3O/c1-2-18-10-6-7-11-22(18)25-23(27)24-19-14-20-12-13-21(15-19)26(20)16-17-8-4-3-5-9-17/h3-11,19-21H,2,12-16H2,1H3,(H2,24,25,27)/p+1/t19?,20-,21+. The molecule has 27 heavy (non-hydrogen) atoms. The summed E-state index contributed by atoms with van der Waals surface area (Å²) in [6.07, 6.45) is 5.65. The van der Waals surface area contributed by atoms with Gasteiger partial charge in [-0.3, -0.25) is 0 Å². The van der Waals surface area contributed by atoms with Gasteiger partial charge >= 0.3 is 6.03 Å². The van der Waals surface area contributed by atoms with Crippen LogP contribution in [-0.2, 0) is 13.0 Å². The lowest BCUT2D eigenvalue weighted by Gasteiger charge is -2.36. The third-order valence-corrected chi connectivity index (χ3v) is 6.28. The van der Waals surface area contributed by atoms with Gasteiger partial charge in [0.1, 0.15) is 6.54 Å². The molecule has 2 heterocycles. The van der Waals surface area contributed by atoms with E-state index in [9.17, 15) is 4.79 Å². The predicted molar refractivity (Wildman–Crippen MR) is 109 cm³/mol.